The second kappa shape index (κ2) is 3.85. The highest BCUT2D eigenvalue weighted by Crippen LogP contribution is 2.24. The molecule has 0 heterocycles. The quantitative estimate of drug-likeness (QED) is 0.735. The SMILES string of the molecule is C=CC(O)c1c(F)cc(Cl)cc1F. The molecule has 4 heteroatoms. The number of aliphatic hydroxyl groups is 1. The van der Waals surface area contributed by atoms with Crippen molar-refractivity contribution in [2.45, 2.75) is 6.10 Å². The van der Waals surface area contributed by atoms with Gasteiger partial charge in [-0.15, -0.1) is 6.58 Å². The van der Waals surface area contributed by atoms with Gasteiger partial charge in [0.1, 0.15) is 17.7 Å². The molecule has 1 nitrogen and oxygen atoms in total. The van der Waals surface area contributed by atoms with Crippen LogP contribution in [0.15, 0.2) is 24.8 Å². The normalized spacial score (nSPS) is 12.6. The summed E-state index contributed by atoms with van der Waals surface area (Å²) in [5.74, 6) is -1.75. The van der Waals surface area contributed by atoms with Crippen LogP contribution in [0.1, 0.15) is 11.7 Å². The number of hydrogen-bond donors (Lipinski definition) is 1. The number of hydrogen-bond acceptors (Lipinski definition) is 1. The van der Waals surface area contributed by atoms with Gasteiger partial charge in [0.25, 0.3) is 0 Å². The van der Waals surface area contributed by atoms with E-state index in [0.717, 1.165) is 18.2 Å². The van der Waals surface area contributed by atoms with Gasteiger partial charge in [0.2, 0.25) is 0 Å². The van der Waals surface area contributed by atoms with E-state index in [2.05, 4.69) is 6.58 Å². The van der Waals surface area contributed by atoms with E-state index in [1.165, 1.54) is 0 Å². The first-order valence-electron chi connectivity index (χ1n) is 3.51. The fourth-order valence-corrected chi connectivity index (χ4v) is 1.15. The van der Waals surface area contributed by atoms with E-state index in [4.69, 9.17) is 16.7 Å². The average Bonchev–Trinajstić information content (AvgIpc) is 2.02. The van der Waals surface area contributed by atoms with Crippen molar-refractivity contribution in [2.75, 3.05) is 0 Å². The Morgan fingerprint density at radius 2 is 1.85 bits per heavy atom. The van der Waals surface area contributed by atoms with Gasteiger partial charge in [-0.05, 0) is 12.1 Å². The third-order valence-electron chi connectivity index (χ3n) is 1.56. The van der Waals surface area contributed by atoms with Gasteiger partial charge in [-0.2, -0.15) is 0 Å². The minimum Gasteiger partial charge on any atom is -0.384 e. The van der Waals surface area contributed by atoms with Crippen LogP contribution < -0.4 is 0 Å². The van der Waals surface area contributed by atoms with Crippen molar-refractivity contribution in [1.29, 1.82) is 0 Å². The second-order valence-electron chi connectivity index (χ2n) is 2.46. The van der Waals surface area contributed by atoms with E-state index in [-0.39, 0.29) is 5.02 Å². The number of aliphatic hydroxyl groups excluding tert-OH is 1. The van der Waals surface area contributed by atoms with Gasteiger partial charge in [0.05, 0.1) is 5.56 Å². The van der Waals surface area contributed by atoms with E-state index in [1.54, 1.807) is 0 Å². The lowest BCUT2D eigenvalue weighted by Crippen LogP contribution is -2.01. The minimum atomic E-state index is -1.35. The standard InChI is InChI=1S/C9H7ClF2O/c1-2-8(13)9-6(11)3-5(10)4-7(9)12/h2-4,8,13H,1H2. The molecule has 1 rings (SSSR count). The monoisotopic (exact) mass is 204 g/mol. The predicted octanol–water partition coefficient (Wildman–Crippen LogP) is 2.84. The molecule has 0 radical (unpaired) electrons. The first-order chi connectivity index (χ1) is 6.06. The van der Waals surface area contributed by atoms with Crippen molar-refractivity contribution in [3.05, 3.63) is 47.0 Å². The zero-order valence-corrected chi connectivity index (χ0v) is 7.35. The fraction of sp³-hybridized carbons (Fsp3) is 0.111. The first kappa shape index (κ1) is 10.2. The lowest BCUT2D eigenvalue weighted by Gasteiger charge is -2.08. The molecule has 1 atom stereocenters. The van der Waals surface area contributed by atoms with Crippen molar-refractivity contribution in [3.8, 4) is 0 Å². The molecule has 0 aromatic heterocycles. The molecule has 13 heavy (non-hydrogen) atoms. The van der Waals surface area contributed by atoms with E-state index in [0.29, 0.717) is 0 Å². The van der Waals surface area contributed by atoms with Gasteiger partial charge >= 0.3 is 0 Å². The van der Waals surface area contributed by atoms with Gasteiger partial charge < -0.3 is 5.11 Å². The molecule has 0 saturated heterocycles. The van der Waals surface area contributed by atoms with Crippen LogP contribution in [0.5, 0.6) is 0 Å². The fourth-order valence-electron chi connectivity index (χ4n) is 0.954. The summed E-state index contributed by atoms with van der Waals surface area (Å²) < 4.78 is 26.0. The van der Waals surface area contributed by atoms with Crippen LogP contribution in [-0.2, 0) is 0 Å². The minimum absolute atomic E-state index is 0.0463. The highest BCUT2D eigenvalue weighted by atomic mass is 35.5. The Morgan fingerprint density at radius 3 is 2.23 bits per heavy atom. The molecule has 0 bridgehead atoms. The molecule has 0 spiro atoms. The van der Waals surface area contributed by atoms with E-state index in [1.807, 2.05) is 0 Å². The van der Waals surface area contributed by atoms with Gasteiger partial charge in [-0.25, -0.2) is 8.78 Å². The van der Waals surface area contributed by atoms with E-state index in [9.17, 15) is 8.78 Å². The van der Waals surface area contributed by atoms with Crippen LogP contribution in [0.3, 0.4) is 0 Å². The molecule has 1 aromatic carbocycles. The summed E-state index contributed by atoms with van der Waals surface area (Å²) in [4.78, 5) is 0. The third kappa shape index (κ3) is 2.05. The second-order valence-corrected chi connectivity index (χ2v) is 2.90. The van der Waals surface area contributed by atoms with Crippen LogP contribution in [0.2, 0.25) is 5.02 Å². The summed E-state index contributed by atoms with van der Waals surface area (Å²) in [7, 11) is 0. The van der Waals surface area contributed by atoms with Crippen LogP contribution in [0.4, 0.5) is 8.78 Å². The lowest BCUT2D eigenvalue weighted by molar-refractivity contribution is 0.217. The molecular weight excluding hydrogens is 198 g/mol. The Bertz CT molecular complexity index is 315. The number of benzene rings is 1. The van der Waals surface area contributed by atoms with Crippen LogP contribution >= 0.6 is 11.6 Å². The molecule has 0 aliphatic heterocycles. The van der Waals surface area contributed by atoms with Crippen molar-refractivity contribution in [2.24, 2.45) is 0 Å². The maximum atomic E-state index is 13.0. The summed E-state index contributed by atoms with van der Waals surface area (Å²) >= 11 is 5.38. The molecule has 0 aliphatic rings. The van der Waals surface area contributed by atoms with E-state index >= 15 is 0 Å². The molecular formula is C9H7ClF2O. The van der Waals surface area contributed by atoms with Gasteiger partial charge in [-0.1, -0.05) is 17.7 Å². The maximum Gasteiger partial charge on any atom is 0.133 e. The van der Waals surface area contributed by atoms with Gasteiger partial charge in [0, 0.05) is 5.02 Å². The van der Waals surface area contributed by atoms with Gasteiger partial charge in [0.15, 0.2) is 0 Å². The molecule has 1 aromatic rings. The third-order valence-corrected chi connectivity index (χ3v) is 1.78. The molecule has 0 amide bonds. The summed E-state index contributed by atoms with van der Waals surface area (Å²) in [6.45, 7) is 3.23. The van der Waals surface area contributed by atoms with Gasteiger partial charge in [-0.3, -0.25) is 0 Å². The summed E-state index contributed by atoms with van der Waals surface area (Å²) in [5.41, 5.74) is -0.431. The number of rotatable bonds is 2. The highest BCUT2D eigenvalue weighted by molar-refractivity contribution is 6.30. The largest absolute Gasteiger partial charge is 0.384 e. The molecule has 70 valence electrons. The topological polar surface area (TPSA) is 20.2 Å². The van der Waals surface area contributed by atoms with Crippen molar-refractivity contribution in [3.63, 3.8) is 0 Å². The van der Waals surface area contributed by atoms with Crippen LogP contribution in [0, 0.1) is 11.6 Å². The van der Waals surface area contributed by atoms with Crippen molar-refractivity contribution >= 4 is 11.6 Å². The van der Waals surface area contributed by atoms with Crippen molar-refractivity contribution in [1.82, 2.24) is 0 Å². The Labute approximate surface area is 79.3 Å². The zero-order chi connectivity index (χ0) is 10.0. The number of halogens is 3. The molecule has 1 N–H and O–H groups in total. The maximum absolute atomic E-state index is 13.0. The lowest BCUT2D eigenvalue weighted by atomic mass is 10.1. The summed E-state index contributed by atoms with van der Waals surface area (Å²) in [6, 6.07) is 1.87. The first-order valence-corrected chi connectivity index (χ1v) is 3.89. The molecule has 0 saturated carbocycles. The average molecular weight is 205 g/mol. The summed E-state index contributed by atoms with van der Waals surface area (Å²) in [6.07, 6.45) is -0.313. The van der Waals surface area contributed by atoms with Crippen molar-refractivity contribution < 1.29 is 13.9 Å². The zero-order valence-electron chi connectivity index (χ0n) is 6.60. The highest BCUT2D eigenvalue weighted by Gasteiger charge is 2.15. The summed E-state index contributed by atoms with van der Waals surface area (Å²) in [5, 5.41) is 9.09. The van der Waals surface area contributed by atoms with Crippen LogP contribution in [-0.4, -0.2) is 5.11 Å². The molecule has 0 aliphatic carbocycles. The van der Waals surface area contributed by atoms with Crippen LogP contribution in [0.25, 0.3) is 0 Å². The Morgan fingerprint density at radius 1 is 1.38 bits per heavy atom. The molecule has 0 fully saturated rings. The van der Waals surface area contributed by atoms with E-state index < -0.39 is 23.3 Å². The Kier molecular flexibility index (Phi) is 3.01. The Balaban J connectivity index is 3.28. The predicted molar refractivity (Wildman–Crippen MR) is 46.5 cm³/mol. The Hall–Kier alpha value is -0.930. The smallest absolute Gasteiger partial charge is 0.133 e. The molecule has 1 unspecified atom stereocenters.